The van der Waals surface area contributed by atoms with Gasteiger partial charge in [-0.3, -0.25) is 0 Å². The molecule has 2 rings (SSSR count). The molecule has 5 N–H and O–H groups in total. The first-order valence-electron chi connectivity index (χ1n) is 5.17. The molecular formula is C12H15N3S. The normalized spacial score (nSPS) is 10.2. The minimum atomic E-state index is 0.626. The van der Waals surface area contributed by atoms with Crippen LogP contribution in [0.5, 0.6) is 0 Å². The van der Waals surface area contributed by atoms with Crippen molar-refractivity contribution < 1.29 is 0 Å². The Hall–Kier alpha value is -1.68. The van der Waals surface area contributed by atoms with E-state index in [1.165, 1.54) is 4.88 Å². The van der Waals surface area contributed by atoms with E-state index in [2.05, 4.69) is 22.8 Å². The second-order valence-corrected chi connectivity index (χ2v) is 4.63. The zero-order valence-electron chi connectivity index (χ0n) is 8.94. The molecule has 0 aliphatic rings. The predicted octanol–water partition coefficient (Wildman–Crippen LogP) is 2.57. The van der Waals surface area contributed by atoms with E-state index in [0.717, 1.165) is 18.7 Å². The maximum absolute atomic E-state index is 5.72. The van der Waals surface area contributed by atoms with Crippen molar-refractivity contribution in [3.8, 4) is 0 Å². The Morgan fingerprint density at radius 1 is 1.12 bits per heavy atom. The first kappa shape index (κ1) is 10.8. The summed E-state index contributed by atoms with van der Waals surface area (Å²) in [5.41, 5.74) is 13.6. The van der Waals surface area contributed by atoms with Crippen LogP contribution < -0.4 is 16.8 Å². The minimum Gasteiger partial charge on any atom is -0.397 e. The number of hydrogen-bond donors (Lipinski definition) is 3. The molecule has 1 aromatic carbocycles. The van der Waals surface area contributed by atoms with Gasteiger partial charge >= 0.3 is 0 Å². The van der Waals surface area contributed by atoms with Crippen LogP contribution in [-0.2, 0) is 6.42 Å². The van der Waals surface area contributed by atoms with Crippen LogP contribution in [0.3, 0.4) is 0 Å². The number of thiophene rings is 1. The molecule has 0 fully saturated rings. The molecule has 3 nitrogen and oxygen atoms in total. The molecule has 0 atom stereocenters. The molecule has 0 bridgehead atoms. The number of benzene rings is 1. The van der Waals surface area contributed by atoms with Gasteiger partial charge in [0.15, 0.2) is 0 Å². The summed E-state index contributed by atoms with van der Waals surface area (Å²) < 4.78 is 0. The third-order valence-electron chi connectivity index (χ3n) is 2.37. The zero-order chi connectivity index (χ0) is 11.4. The maximum Gasteiger partial charge on any atom is 0.0568 e. The van der Waals surface area contributed by atoms with E-state index in [1.807, 2.05) is 18.2 Å². The standard InChI is InChI=1S/C12H15N3S/c13-11-4-3-9(8-12(11)14)15-6-5-10-2-1-7-16-10/h1-4,7-8,15H,5-6,13-14H2. The van der Waals surface area contributed by atoms with E-state index >= 15 is 0 Å². The Bertz CT molecular complexity index is 451. The average Bonchev–Trinajstić information content (AvgIpc) is 2.76. The summed E-state index contributed by atoms with van der Waals surface area (Å²) in [6, 6.07) is 9.84. The van der Waals surface area contributed by atoms with Gasteiger partial charge in [-0.2, -0.15) is 0 Å². The van der Waals surface area contributed by atoms with Gasteiger partial charge in [0.1, 0.15) is 0 Å². The molecule has 1 heterocycles. The quantitative estimate of drug-likeness (QED) is 0.711. The zero-order valence-corrected chi connectivity index (χ0v) is 9.76. The topological polar surface area (TPSA) is 64.1 Å². The van der Waals surface area contributed by atoms with Gasteiger partial charge in [0.25, 0.3) is 0 Å². The van der Waals surface area contributed by atoms with Crippen molar-refractivity contribution in [2.24, 2.45) is 0 Å². The molecule has 1 aromatic heterocycles. The Balaban J connectivity index is 1.87. The molecule has 2 aromatic rings. The fraction of sp³-hybridized carbons (Fsp3) is 0.167. The lowest BCUT2D eigenvalue weighted by molar-refractivity contribution is 1.04. The van der Waals surface area contributed by atoms with Crippen LogP contribution in [-0.4, -0.2) is 6.54 Å². The SMILES string of the molecule is Nc1ccc(NCCc2cccs2)cc1N. The van der Waals surface area contributed by atoms with Gasteiger partial charge in [0, 0.05) is 17.1 Å². The summed E-state index contributed by atoms with van der Waals surface area (Å²) in [5, 5.41) is 5.42. The van der Waals surface area contributed by atoms with Gasteiger partial charge in [0.05, 0.1) is 11.4 Å². The van der Waals surface area contributed by atoms with Gasteiger partial charge in [-0.1, -0.05) is 6.07 Å². The molecule has 0 saturated heterocycles. The van der Waals surface area contributed by atoms with Crippen LogP contribution in [0.25, 0.3) is 0 Å². The summed E-state index contributed by atoms with van der Waals surface area (Å²) in [7, 11) is 0. The van der Waals surface area contributed by atoms with Crippen molar-refractivity contribution in [2.45, 2.75) is 6.42 Å². The number of rotatable bonds is 4. The number of nitrogens with two attached hydrogens (primary N) is 2. The summed E-state index contributed by atoms with van der Waals surface area (Å²) in [5.74, 6) is 0. The number of nitrogen functional groups attached to an aromatic ring is 2. The number of nitrogens with one attached hydrogen (secondary N) is 1. The predicted molar refractivity (Wildman–Crippen MR) is 71.8 cm³/mol. The van der Waals surface area contributed by atoms with E-state index in [4.69, 9.17) is 11.5 Å². The van der Waals surface area contributed by atoms with Gasteiger partial charge in [-0.05, 0) is 36.1 Å². The van der Waals surface area contributed by atoms with Gasteiger partial charge in [0.2, 0.25) is 0 Å². The molecule has 0 amide bonds. The maximum atomic E-state index is 5.72. The van der Waals surface area contributed by atoms with E-state index in [-0.39, 0.29) is 0 Å². The van der Waals surface area contributed by atoms with Crippen LogP contribution >= 0.6 is 11.3 Å². The lowest BCUT2D eigenvalue weighted by Gasteiger charge is -2.07. The molecule has 0 saturated carbocycles. The molecule has 84 valence electrons. The molecule has 0 spiro atoms. The van der Waals surface area contributed by atoms with Crippen LogP contribution in [0.1, 0.15) is 4.88 Å². The smallest absolute Gasteiger partial charge is 0.0568 e. The van der Waals surface area contributed by atoms with E-state index in [0.29, 0.717) is 11.4 Å². The Morgan fingerprint density at radius 3 is 2.69 bits per heavy atom. The lowest BCUT2D eigenvalue weighted by atomic mass is 10.2. The first-order chi connectivity index (χ1) is 7.75. The summed E-state index contributed by atoms with van der Waals surface area (Å²) in [6.45, 7) is 0.907. The molecule has 0 radical (unpaired) electrons. The highest BCUT2D eigenvalue weighted by molar-refractivity contribution is 7.09. The van der Waals surface area contributed by atoms with Crippen LogP contribution in [0.15, 0.2) is 35.7 Å². The fourth-order valence-electron chi connectivity index (χ4n) is 1.47. The first-order valence-corrected chi connectivity index (χ1v) is 6.05. The third-order valence-corrected chi connectivity index (χ3v) is 3.30. The van der Waals surface area contributed by atoms with Crippen molar-refractivity contribution in [1.82, 2.24) is 0 Å². The van der Waals surface area contributed by atoms with Crippen molar-refractivity contribution >= 4 is 28.4 Å². The highest BCUT2D eigenvalue weighted by Gasteiger charge is 1.97. The van der Waals surface area contributed by atoms with Crippen molar-refractivity contribution in [3.63, 3.8) is 0 Å². The molecule has 0 aliphatic heterocycles. The van der Waals surface area contributed by atoms with Gasteiger partial charge < -0.3 is 16.8 Å². The second kappa shape index (κ2) is 4.90. The molecule has 0 aliphatic carbocycles. The molecular weight excluding hydrogens is 218 g/mol. The van der Waals surface area contributed by atoms with Crippen molar-refractivity contribution in [2.75, 3.05) is 23.3 Å². The molecule has 16 heavy (non-hydrogen) atoms. The lowest BCUT2D eigenvalue weighted by Crippen LogP contribution is -2.04. The van der Waals surface area contributed by atoms with Crippen molar-refractivity contribution in [3.05, 3.63) is 40.6 Å². The van der Waals surface area contributed by atoms with Crippen molar-refractivity contribution in [1.29, 1.82) is 0 Å². The van der Waals surface area contributed by atoms with Crippen LogP contribution in [0, 0.1) is 0 Å². The largest absolute Gasteiger partial charge is 0.397 e. The summed E-state index contributed by atoms with van der Waals surface area (Å²) >= 11 is 1.78. The van der Waals surface area contributed by atoms with E-state index < -0.39 is 0 Å². The minimum absolute atomic E-state index is 0.626. The summed E-state index contributed by atoms with van der Waals surface area (Å²) in [6.07, 6.45) is 1.03. The Labute approximate surface area is 99.1 Å². The third kappa shape index (κ3) is 2.67. The molecule has 0 unspecified atom stereocenters. The van der Waals surface area contributed by atoms with Crippen LogP contribution in [0.2, 0.25) is 0 Å². The summed E-state index contributed by atoms with van der Waals surface area (Å²) in [4.78, 5) is 1.39. The second-order valence-electron chi connectivity index (χ2n) is 3.60. The average molecular weight is 233 g/mol. The van der Waals surface area contributed by atoms with Crippen LogP contribution in [0.4, 0.5) is 17.1 Å². The van der Waals surface area contributed by atoms with Gasteiger partial charge in [-0.25, -0.2) is 0 Å². The van der Waals surface area contributed by atoms with E-state index in [1.54, 1.807) is 11.3 Å². The highest BCUT2D eigenvalue weighted by Crippen LogP contribution is 2.19. The fourth-order valence-corrected chi connectivity index (χ4v) is 2.18. The Kier molecular flexibility index (Phi) is 3.31. The monoisotopic (exact) mass is 233 g/mol. The van der Waals surface area contributed by atoms with E-state index in [9.17, 15) is 0 Å². The molecule has 4 heteroatoms. The van der Waals surface area contributed by atoms with Gasteiger partial charge in [-0.15, -0.1) is 11.3 Å². The number of anilines is 3. The number of hydrogen-bond acceptors (Lipinski definition) is 4. The Morgan fingerprint density at radius 2 is 2.00 bits per heavy atom. The highest BCUT2D eigenvalue weighted by atomic mass is 32.1.